The largest absolute Gasteiger partial charge is 0.486 e. The Kier molecular flexibility index (Phi) is 4.64. The Hall–Kier alpha value is -4.40. The Morgan fingerprint density at radius 3 is 2.73 bits per heavy atom. The fraction of sp³-hybridized carbons (Fsp3) is 0.167. The highest BCUT2D eigenvalue weighted by atomic mass is 16.6. The van der Waals surface area contributed by atoms with E-state index in [-0.39, 0.29) is 11.7 Å². The van der Waals surface area contributed by atoms with Crippen molar-refractivity contribution in [1.82, 2.24) is 24.7 Å². The van der Waals surface area contributed by atoms with Crippen molar-refractivity contribution in [2.24, 2.45) is 0 Å². The zero-order valence-corrected chi connectivity index (χ0v) is 17.6. The van der Waals surface area contributed by atoms with Crippen LogP contribution in [0.15, 0.2) is 71.8 Å². The van der Waals surface area contributed by atoms with Gasteiger partial charge in [-0.05, 0) is 24.3 Å². The highest BCUT2D eigenvalue weighted by Gasteiger charge is 2.20. The summed E-state index contributed by atoms with van der Waals surface area (Å²) in [5.41, 5.74) is 1.67. The van der Waals surface area contributed by atoms with Crippen LogP contribution in [0.3, 0.4) is 0 Å². The Morgan fingerprint density at radius 2 is 1.85 bits per heavy atom. The third-order valence-corrected chi connectivity index (χ3v) is 5.65. The summed E-state index contributed by atoms with van der Waals surface area (Å²) in [6.07, 6.45) is 3.88. The first-order valence-corrected chi connectivity index (χ1v) is 10.7. The van der Waals surface area contributed by atoms with Crippen molar-refractivity contribution in [2.45, 2.75) is 12.5 Å². The number of anilines is 1. The number of fused-ring (bicyclic) bond motifs is 4. The number of H-pyrrole nitrogens is 1. The van der Waals surface area contributed by atoms with Crippen LogP contribution in [-0.2, 0) is 0 Å². The second-order valence-electron chi connectivity index (χ2n) is 7.78. The maximum Gasteiger partial charge on any atom is 0.267 e. The van der Waals surface area contributed by atoms with Gasteiger partial charge in [0.1, 0.15) is 12.7 Å². The van der Waals surface area contributed by atoms with Gasteiger partial charge in [0.05, 0.1) is 28.2 Å². The molecule has 164 valence electrons. The predicted molar refractivity (Wildman–Crippen MR) is 124 cm³/mol. The second kappa shape index (κ2) is 7.94. The first-order chi connectivity index (χ1) is 16.3. The number of nitrogens with one attached hydrogen (secondary N) is 2. The number of benzene rings is 2. The molecule has 2 N–H and O–H groups in total. The predicted octanol–water partition coefficient (Wildman–Crippen LogP) is 3.30. The van der Waals surface area contributed by atoms with Crippen LogP contribution in [-0.4, -0.2) is 44.0 Å². The smallest absolute Gasteiger partial charge is 0.267 e. The standard InChI is InChI=1S/C24H20N6O3/c31-23-18-13-27-29-21(18)17-12-26-24(28-22(17)30(23)15-6-2-1-3-7-15)25-11-10-16-14-32-19-8-4-5-9-20(19)33-16/h1-9,12-13,16H,10-11,14H2,(H,27,29)(H,25,26,28). The quantitative estimate of drug-likeness (QED) is 0.432. The average Bonchev–Trinajstić information content (AvgIpc) is 3.35. The van der Waals surface area contributed by atoms with E-state index in [1.165, 1.54) is 6.20 Å². The summed E-state index contributed by atoms with van der Waals surface area (Å²) in [4.78, 5) is 22.4. The molecule has 0 saturated carbocycles. The van der Waals surface area contributed by atoms with Gasteiger partial charge in [-0.15, -0.1) is 0 Å². The Labute approximate surface area is 188 Å². The molecule has 1 aliphatic heterocycles. The van der Waals surface area contributed by atoms with E-state index in [0.29, 0.717) is 42.1 Å². The van der Waals surface area contributed by atoms with E-state index in [0.717, 1.165) is 22.6 Å². The number of ether oxygens (including phenoxy) is 2. The third-order valence-electron chi connectivity index (χ3n) is 5.65. The molecule has 0 radical (unpaired) electrons. The summed E-state index contributed by atoms with van der Waals surface area (Å²) in [5.74, 6) is 1.96. The maximum atomic E-state index is 13.2. The minimum atomic E-state index is -0.187. The minimum Gasteiger partial charge on any atom is -0.486 e. The summed E-state index contributed by atoms with van der Waals surface area (Å²) < 4.78 is 13.4. The molecule has 0 spiro atoms. The van der Waals surface area contributed by atoms with Gasteiger partial charge in [-0.1, -0.05) is 30.3 Å². The summed E-state index contributed by atoms with van der Waals surface area (Å²) in [6.45, 7) is 1.08. The monoisotopic (exact) mass is 440 g/mol. The van der Waals surface area contributed by atoms with Crippen molar-refractivity contribution >= 4 is 27.9 Å². The number of pyridine rings is 1. The van der Waals surface area contributed by atoms with E-state index >= 15 is 0 Å². The van der Waals surface area contributed by atoms with Gasteiger partial charge in [-0.25, -0.2) is 4.98 Å². The highest BCUT2D eigenvalue weighted by Crippen LogP contribution is 2.31. The normalized spacial score (nSPS) is 15.1. The highest BCUT2D eigenvalue weighted by molar-refractivity contribution is 6.02. The number of hydrogen-bond acceptors (Lipinski definition) is 7. The molecule has 0 amide bonds. The fourth-order valence-corrected chi connectivity index (χ4v) is 4.04. The lowest BCUT2D eigenvalue weighted by Gasteiger charge is -2.26. The first-order valence-electron chi connectivity index (χ1n) is 10.7. The van der Waals surface area contributed by atoms with Crippen LogP contribution >= 0.6 is 0 Å². The van der Waals surface area contributed by atoms with Crippen LogP contribution in [0.4, 0.5) is 5.95 Å². The van der Waals surface area contributed by atoms with E-state index < -0.39 is 0 Å². The van der Waals surface area contributed by atoms with E-state index in [4.69, 9.17) is 9.47 Å². The minimum absolute atomic E-state index is 0.0695. The van der Waals surface area contributed by atoms with Crippen LogP contribution < -0.4 is 20.3 Å². The molecule has 0 saturated heterocycles. The Bertz CT molecular complexity index is 1510. The summed E-state index contributed by atoms with van der Waals surface area (Å²) in [5, 5.41) is 11.4. The van der Waals surface area contributed by atoms with Crippen LogP contribution in [0.2, 0.25) is 0 Å². The van der Waals surface area contributed by atoms with Crippen molar-refractivity contribution < 1.29 is 9.47 Å². The molecule has 6 rings (SSSR count). The molecule has 33 heavy (non-hydrogen) atoms. The number of nitrogens with zero attached hydrogens (tertiary/aromatic N) is 4. The molecular formula is C24H20N6O3. The number of aromatic amines is 1. The van der Waals surface area contributed by atoms with Gasteiger partial charge in [0.25, 0.3) is 5.56 Å². The number of rotatable bonds is 5. The molecule has 4 heterocycles. The number of aromatic nitrogens is 5. The summed E-state index contributed by atoms with van der Waals surface area (Å²) in [7, 11) is 0. The van der Waals surface area contributed by atoms with Crippen molar-refractivity contribution in [2.75, 3.05) is 18.5 Å². The van der Waals surface area contributed by atoms with Crippen LogP contribution in [0, 0.1) is 0 Å². The van der Waals surface area contributed by atoms with Gasteiger partial charge in [-0.2, -0.15) is 10.1 Å². The summed E-state index contributed by atoms with van der Waals surface area (Å²) >= 11 is 0. The fourth-order valence-electron chi connectivity index (χ4n) is 4.04. The molecule has 0 aliphatic carbocycles. The lowest BCUT2D eigenvalue weighted by Crippen LogP contribution is -2.31. The molecule has 1 unspecified atom stereocenters. The molecule has 2 aromatic carbocycles. The van der Waals surface area contributed by atoms with E-state index in [1.807, 2.05) is 54.6 Å². The molecule has 1 aliphatic rings. The first kappa shape index (κ1) is 19.3. The van der Waals surface area contributed by atoms with Crippen LogP contribution in [0.25, 0.3) is 27.6 Å². The zero-order chi connectivity index (χ0) is 22.2. The average molecular weight is 440 g/mol. The van der Waals surface area contributed by atoms with Gasteiger partial charge in [0.2, 0.25) is 5.95 Å². The molecule has 9 heteroatoms. The SMILES string of the molecule is O=c1c2cn[nH]c2c2cnc(NCCC3COc4ccccc4O3)nc2n1-c1ccccc1. The lowest BCUT2D eigenvalue weighted by molar-refractivity contribution is 0.0873. The molecule has 0 fully saturated rings. The van der Waals surface area contributed by atoms with Crippen molar-refractivity contribution in [3.63, 3.8) is 0 Å². The van der Waals surface area contributed by atoms with Gasteiger partial charge < -0.3 is 14.8 Å². The van der Waals surface area contributed by atoms with Gasteiger partial charge in [-0.3, -0.25) is 14.5 Å². The van der Waals surface area contributed by atoms with Gasteiger partial charge in [0.15, 0.2) is 17.1 Å². The van der Waals surface area contributed by atoms with Crippen LogP contribution in [0.1, 0.15) is 6.42 Å². The van der Waals surface area contributed by atoms with E-state index in [2.05, 4.69) is 25.5 Å². The molecule has 9 nitrogen and oxygen atoms in total. The molecule has 3 aromatic heterocycles. The number of para-hydroxylation sites is 3. The van der Waals surface area contributed by atoms with Gasteiger partial charge in [0, 0.05) is 19.2 Å². The molecule has 0 bridgehead atoms. The Balaban J connectivity index is 1.29. The third kappa shape index (κ3) is 3.43. The van der Waals surface area contributed by atoms with Crippen molar-refractivity contribution in [1.29, 1.82) is 0 Å². The molecule has 1 atom stereocenters. The number of hydrogen-bond donors (Lipinski definition) is 2. The van der Waals surface area contributed by atoms with E-state index in [9.17, 15) is 4.79 Å². The van der Waals surface area contributed by atoms with Crippen molar-refractivity contribution in [3.8, 4) is 17.2 Å². The second-order valence-corrected chi connectivity index (χ2v) is 7.78. The van der Waals surface area contributed by atoms with E-state index in [1.54, 1.807) is 10.8 Å². The zero-order valence-electron chi connectivity index (χ0n) is 17.6. The topological polar surface area (TPSA) is 107 Å². The van der Waals surface area contributed by atoms with Crippen molar-refractivity contribution in [3.05, 3.63) is 77.3 Å². The van der Waals surface area contributed by atoms with Gasteiger partial charge >= 0.3 is 0 Å². The Morgan fingerprint density at radius 1 is 1.03 bits per heavy atom. The molecule has 5 aromatic rings. The maximum absolute atomic E-state index is 13.2. The lowest BCUT2D eigenvalue weighted by atomic mass is 10.2. The summed E-state index contributed by atoms with van der Waals surface area (Å²) in [6, 6.07) is 17.1. The van der Waals surface area contributed by atoms with Crippen LogP contribution in [0.5, 0.6) is 11.5 Å². The molecular weight excluding hydrogens is 420 g/mol.